The van der Waals surface area contributed by atoms with E-state index in [4.69, 9.17) is 4.74 Å². The molecule has 0 radical (unpaired) electrons. The molecule has 6 heteroatoms. The Morgan fingerprint density at radius 2 is 1.96 bits per heavy atom. The molecule has 128 valence electrons. The number of likely N-dealkylation sites (tertiary alicyclic amines) is 1. The van der Waals surface area contributed by atoms with Gasteiger partial charge in [-0.05, 0) is 31.9 Å². The number of hydrogen-bond acceptors (Lipinski definition) is 3. The summed E-state index contributed by atoms with van der Waals surface area (Å²) >= 11 is 0. The molecule has 0 N–H and O–H groups in total. The standard InChI is InChI=1S/C18H22FN3O2/c1-18(19)8-10-22(11-9-18)17(23)14-12-21(2)20-16(14)13-6-4-5-7-15(13)24-3/h4-7,12H,8-11H2,1-3H3. The van der Waals surface area contributed by atoms with Crippen LogP contribution in [0.25, 0.3) is 11.3 Å². The van der Waals surface area contributed by atoms with Gasteiger partial charge in [-0.1, -0.05) is 12.1 Å². The number of rotatable bonds is 3. The summed E-state index contributed by atoms with van der Waals surface area (Å²) in [6.07, 6.45) is 2.44. The van der Waals surface area contributed by atoms with Crippen LogP contribution in [-0.2, 0) is 7.05 Å². The summed E-state index contributed by atoms with van der Waals surface area (Å²) < 4.78 is 21.0. The molecule has 1 aromatic heterocycles. The summed E-state index contributed by atoms with van der Waals surface area (Å²) in [5.74, 6) is 0.555. The number of carbonyl (C=O) groups excluding carboxylic acids is 1. The summed E-state index contributed by atoms with van der Waals surface area (Å²) in [7, 11) is 3.38. The first-order valence-electron chi connectivity index (χ1n) is 8.06. The average Bonchev–Trinajstić information content (AvgIpc) is 2.96. The zero-order valence-electron chi connectivity index (χ0n) is 14.3. The van der Waals surface area contributed by atoms with E-state index >= 15 is 0 Å². The van der Waals surface area contributed by atoms with Crippen molar-refractivity contribution in [1.82, 2.24) is 14.7 Å². The molecule has 0 unspecified atom stereocenters. The minimum Gasteiger partial charge on any atom is -0.496 e. The van der Waals surface area contributed by atoms with Crippen LogP contribution < -0.4 is 4.74 Å². The number of nitrogens with zero attached hydrogens (tertiary/aromatic N) is 3. The zero-order valence-corrected chi connectivity index (χ0v) is 14.3. The number of halogens is 1. The van der Waals surface area contributed by atoms with Gasteiger partial charge in [-0.2, -0.15) is 5.10 Å². The number of aryl methyl sites for hydroxylation is 1. The second-order valence-corrected chi connectivity index (χ2v) is 6.47. The number of para-hydroxylation sites is 1. The molecule has 5 nitrogen and oxygen atoms in total. The minimum atomic E-state index is -1.18. The maximum absolute atomic E-state index is 14.0. The van der Waals surface area contributed by atoms with Crippen LogP contribution in [0.4, 0.5) is 4.39 Å². The van der Waals surface area contributed by atoms with Gasteiger partial charge in [0.05, 0.1) is 12.7 Å². The van der Waals surface area contributed by atoms with Crippen molar-refractivity contribution >= 4 is 5.91 Å². The highest BCUT2D eigenvalue weighted by molar-refractivity contribution is 6.00. The van der Waals surface area contributed by atoms with Crippen molar-refractivity contribution in [3.05, 3.63) is 36.0 Å². The number of benzene rings is 1. The predicted molar refractivity (Wildman–Crippen MR) is 89.8 cm³/mol. The lowest BCUT2D eigenvalue weighted by Gasteiger charge is -2.34. The third kappa shape index (κ3) is 3.13. The van der Waals surface area contributed by atoms with Gasteiger partial charge in [-0.25, -0.2) is 4.39 Å². The van der Waals surface area contributed by atoms with Gasteiger partial charge in [0.25, 0.3) is 5.91 Å². The van der Waals surface area contributed by atoms with Crippen molar-refractivity contribution in [2.24, 2.45) is 7.05 Å². The topological polar surface area (TPSA) is 47.4 Å². The molecule has 1 saturated heterocycles. The quantitative estimate of drug-likeness (QED) is 0.868. The van der Waals surface area contributed by atoms with Crippen LogP contribution in [0.1, 0.15) is 30.1 Å². The van der Waals surface area contributed by atoms with Gasteiger partial charge < -0.3 is 9.64 Å². The van der Waals surface area contributed by atoms with E-state index in [-0.39, 0.29) is 5.91 Å². The highest BCUT2D eigenvalue weighted by atomic mass is 19.1. The number of carbonyl (C=O) groups is 1. The second kappa shape index (κ2) is 6.26. The van der Waals surface area contributed by atoms with Crippen LogP contribution in [0.2, 0.25) is 0 Å². The van der Waals surface area contributed by atoms with Gasteiger partial charge in [0.15, 0.2) is 0 Å². The van der Waals surface area contributed by atoms with Crippen LogP contribution in [0, 0.1) is 0 Å². The molecule has 1 aliphatic rings. The fourth-order valence-electron chi connectivity index (χ4n) is 3.03. The third-order valence-corrected chi connectivity index (χ3v) is 4.51. The van der Waals surface area contributed by atoms with Gasteiger partial charge in [0, 0.05) is 31.9 Å². The Morgan fingerprint density at radius 3 is 2.62 bits per heavy atom. The van der Waals surface area contributed by atoms with Gasteiger partial charge in [0.2, 0.25) is 0 Å². The smallest absolute Gasteiger partial charge is 0.257 e. The van der Waals surface area contributed by atoms with E-state index in [0.717, 1.165) is 5.56 Å². The molecule has 0 aliphatic carbocycles. The normalized spacial score (nSPS) is 16.9. The molecule has 0 spiro atoms. The first-order chi connectivity index (χ1) is 11.4. The largest absolute Gasteiger partial charge is 0.496 e. The maximum atomic E-state index is 14.0. The number of alkyl halides is 1. The average molecular weight is 331 g/mol. The third-order valence-electron chi connectivity index (χ3n) is 4.51. The van der Waals surface area contributed by atoms with E-state index in [2.05, 4.69) is 5.10 Å². The SMILES string of the molecule is COc1ccccc1-c1nn(C)cc1C(=O)N1CCC(C)(F)CC1. The monoisotopic (exact) mass is 331 g/mol. The Balaban J connectivity index is 1.94. The minimum absolute atomic E-state index is 0.112. The molecule has 0 bridgehead atoms. The first-order valence-corrected chi connectivity index (χ1v) is 8.06. The maximum Gasteiger partial charge on any atom is 0.257 e. The van der Waals surface area contributed by atoms with E-state index in [1.165, 1.54) is 0 Å². The predicted octanol–water partition coefficient (Wildman–Crippen LogP) is 3.06. The summed E-state index contributed by atoms with van der Waals surface area (Å²) in [6, 6.07) is 7.48. The summed E-state index contributed by atoms with van der Waals surface area (Å²) in [5, 5.41) is 4.45. The van der Waals surface area contributed by atoms with Crippen LogP contribution in [0.15, 0.2) is 30.5 Å². The molecular weight excluding hydrogens is 309 g/mol. The van der Waals surface area contributed by atoms with E-state index < -0.39 is 5.67 Å². The van der Waals surface area contributed by atoms with Crippen molar-refractivity contribution in [3.8, 4) is 17.0 Å². The van der Waals surface area contributed by atoms with Crippen molar-refractivity contribution in [2.75, 3.05) is 20.2 Å². The van der Waals surface area contributed by atoms with Crippen LogP contribution >= 0.6 is 0 Å². The highest BCUT2D eigenvalue weighted by Gasteiger charge is 2.33. The first kappa shape index (κ1) is 16.5. The number of amides is 1. The van der Waals surface area contributed by atoms with E-state index in [9.17, 15) is 9.18 Å². The van der Waals surface area contributed by atoms with Crippen molar-refractivity contribution in [3.63, 3.8) is 0 Å². The Morgan fingerprint density at radius 1 is 1.29 bits per heavy atom. The van der Waals surface area contributed by atoms with Crippen molar-refractivity contribution < 1.29 is 13.9 Å². The van der Waals surface area contributed by atoms with Crippen LogP contribution in [0.3, 0.4) is 0 Å². The van der Waals surface area contributed by atoms with Gasteiger partial charge in [0.1, 0.15) is 17.1 Å². The summed E-state index contributed by atoms with van der Waals surface area (Å²) in [5.41, 5.74) is 0.700. The Bertz CT molecular complexity index is 744. The van der Waals surface area contributed by atoms with E-state index in [1.807, 2.05) is 24.3 Å². The number of aromatic nitrogens is 2. The lowest BCUT2D eigenvalue weighted by atomic mass is 9.95. The molecule has 2 aromatic rings. The van der Waals surface area contributed by atoms with Crippen LogP contribution in [0.5, 0.6) is 5.75 Å². The fourth-order valence-corrected chi connectivity index (χ4v) is 3.03. The van der Waals surface area contributed by atoms with Gasteiger partial charge >= 0.3 is 0 Å². The van der Waals surface area contributed by atoms with Crippen molar-refractivity contribution in [2.45, 2.75) is 25.4 Å². The molecule has 1 aliphatic heterocycles. The zero-order chi connectivity index (χ0) is 17.3. The molecular formula is C18H22FN3O2. The Hall–Kier alpha value is -2.37. The van der Waals surface area contributed by atoms with Gasteiger partial charge in [-0.15, -0.1) is 0 Å². The molecule has 3 rings (SSSR count). The number of piperidine rings is 1. The fraction of sp³-hybridized carbons (Fsp3) is 0.444. The molecule has 1 aromatic carbocycles. The second-order valence-electron chi connectivity index (χ2n) is 6.47. The lowest BCUT2D eigenvalue weighted by molar-refractivity contribution is 0.0504. The van der Waals surface area contributed by atoms with Gasteiger partial charge in [-0.3, -0.25) is 9.48 Å². The molecule has 1 fully saturated rings. The summed E-state index contributed by atoms with van der Waals surface area (Å²) in [6.45, 7) is 2.44. The van der Waals surface area contributed by atoms with E-state index in [1.54, 1.807) is 36.9 Å². The number of hydrogen-bond donors (Lipinski definition) is 0. The van der Waals surface area contributed by atoms with E-state index in [0.29, 0.717) is 42.9 Å². The molecule has 2 heterocycles. The Kier molecular flexibility index (Phi) is 4.30. The van der Waals surface area contributed by atoms with Crippen molar-refractivity contribution in [1.29, 1.82) is 0 Å². The molecule has 0 atom stereocenters. The molecule has 0 saturated carbocycles. The number of ether oxygens (including phenoxy) is 1. The molecule has 24 heavy (non-hydrogen) atoms. The highest BCUT2D eigenvalue weighted by Crippen LogP contribution is 2.32. The molecule has 1 amide bonds. The van der Waals surface area contributed by atoms with Crippen LogP contribution in [-0.4, -0.2) is 46.5 Å². The summed E-state index contributed by atoms with van der Waals surface area (Å²) in [4.78, 5) is 14.6. The Labute approximate surface area is 141 Å². The number of methoxy groups -OCH3 is 1. The lowest BCUT2D eigenvalue weighted by Crippen LogP contribution is -2.43.